The van der Waals surface area contributed by atoms with Crippen LogP contribution in [0, 0.1) is 20.8 Å². The molecule has 54 heavy (non-hydrogen) atoms. The molecule has 0 radical (unpaired) electrons. The van der Waals surface area contributed by atoms with Crippen LogP contribution in [-0.2, 0) is 0 Å². The molecule has 0 aliphatic rings. The lowest BCUT2D eigenvalue weighted by molar-refractivity contribution is 1.15. The molecular weight excluding hydrogens is 653 g/mol. The van der Waals surface area contributed by atoms with E-state index in [1.807, 2.05) is 26.0 Å². The second kappa shape index (κ2) is 19.5. The first-order valence-electron chi connectivity index (χ1n) is 18.8. The van der Waals surface area contributed by atoms with E-state index in [9.17, 15) is 0 Å². The molecule has 2 heteroatoms. The van der Waals surface area contributed by atoms with Crippen molar-refractivity contribution in [3.8, 4) is 0 Å². The minimum atomic E-state index is 1.11. The standard InChI is InChI=1S/C50H46N2.C2H6/c1-6-7-8-15-41(5)51(48-16-9-12-38(2)35-48)46-31-27-44(28-32-46)25-23-42-19-21-43(22-20-42)24-26-45-29-33-47(34-30-45)52(49-17-10-13-39(3)36-49)50-18-11-14-40(4)37-50;1-2/h6-37H,1H2,2-5H3;1-2H3/b8-7-,25-23?,26-24?,41-15+;. The van der Waals surface area contributed by atoms with Crippen LogP contribution >= 0.6 is 0 Å². The van der Waals surface area contributed by atoms with Crippen molar-refractivity contribution in [3.63, 3.8) is 0 Å². The molecule has 0 saturated heterocycles. The zero-order valence-electron chi connectivity index (χ0n) is 32.6. The molecular formula is C52H52N2. The van der Waals surface area contributed by atoms with Crippen LogP contribution in [0.4, 0.5) is 28.4 Å². The molecule has 0 heterocycles. The largest absolute Gasteiger partial charge is 0.315 e. The van der Waals surface area contributed by atoms with Crippen LogP contribution in [0.3, 0.4) is 0 Å². The van der Waals surface area contributed by atoms with Gasteiger partial charge in [-0.2, -0.15) is 0 Å². The maximum absolute atomic E-state index is 3.79. The van der Waals surface area contributed by atoms with Crippen LogP contribution < -0.4 is 9.80 Å². The highest BCUT2D eigenvalue weighted by Crippen LogP contribution is 2.36. The zero-order valence-corrected chi connectivity index (χ0v) is 32.6. The number of hydrogen-bond acceptors (Lipinski definition) is 2. The van der Waals surface area contributed by atoms with E-state index in [2.05, 4.69) is 220 Å². The number of benzene rings is 6. The van der Waals surface area contributed by atoms with Crippen LogP contribution in [0.25, 0.3) is 24.3 Å². The Morgan fingerprint density at radius 2 is 0.815 bits per heavy atom. The van der Waals surface area contributed by atoms with Gasteiger partial charge < -0.3 is 9.80 Å². The SMILES string of the molecule is C=C/C=C\C=C(/C)N(c1ccc(C=Cc2ccc(C=Cc3ccc(N(c4cccc(C)c4)c4cccc(C)c4)cc3)cc2)cc1)c1cccc(C)c1.CC. The maximum Gasteiger partial charge on any atom is 0.0464 e. The zero-order chi connectivity index (χ0) is 38.3. The summed E-state index contributed by atoms with van der Waals surface area (Å²) in [5, 5.41) is 0. The summed E-state index contributed by atoms with van der Waals surface area (Å²) >= 11 is 0. The first-order valence-corrected chi connectivity index (χ1v) is 18.8. The van der Waals surface area contributed by atoms with Crippen LogP contribution in [0.5, 0.6) is 0 Å². The van der Waals surface area contributed by atoms with Gasteiger partial charge in [-0.25, -0.2) is 0 Å². The van der Waals surface area contributed by atoms with E-state index in [4.69, 9.17) is 0 Å². The normalized spacial score (nSPS) is 11.5. The predicted octanol–water partition coefficient (Wildman–Crippen LogP) is 15.2. The minimum Gasteiger partial charge on any atom is -0.315 e. The van der Waals surface area contributed by atoms with Crippen molar-refractivity contribution < 1.29 is 0 Å². The monoisotopic (exact) mass is 704 g/mol. The molecule has 0 unspecified atom stereocenters. The molecule has 0 aliphatic heterocycles. The lowest BCUT2D eigenvalue weighted by atomic mass is 10.1. The molecule has 6 aromatic carbocycles. The molecule has 0 fully saturated rings. The highest BCUT2D eigenvalue weighted by Gasteiger charge is 2.13. The third-order valence-corrected chi connectivity index (χ3v) is 8.89. The topological polar surface area (TPSA) is 6.48 Å². The van der Waals surface area contributed by atoms with E-state index in [0.717, 1.165) is 56.4 Å². The van der Waals surface area contributed by atoms with Gasteiger partial charge in [-0.15, -0.1) is 0 Å². The van der Waals surface area contributed by atoms with Crippen LogP contribution in [0.15, 0.2) is 182 Å². The smallest absolute Gasteiger partial charge is 0.0464 e. The van der Waals surface area contributed by atoms with E-state index in [0.29, 0.717) is 0 Å². The van der Waals surface area contributed by atoms with E-state index in [1.165, 1.54) is 16.7 Å². The molecule has 0 aromatic heterocycles. The quantitative estimate of drug-likeness (QED) is 0.0924. The molecule has 0 spiro atoms. The molecule has 0 atom stereocenters. The molecule has 2 nitrogen and oxygen atoms in total. The van der Waals surface area contributed by atoms with Gasteiger partial charge in [-0.1, -0.05) is 148 Å². The van der Waals surface area contributed by atoms with Gasteiger partial charge in [0, 0.05) is 34.1 Å². The molecule has 6 rings (SSSR count). The van der Waals surface area contributed by atoms with Crippen LogP contribution in [0.1, 0.15) is 59.7 Å². The Hall–Kier alpha value is -6.38. The summed E-state index contributed by atoms with van der Waals surface area (Å²) in [6, 6.07) is 52.1. The lowest BCUT2D eigenvalue weighted by Crippen LogP contribution is -2.14. The van der Waals surface area contributed by atoms with Gasteiger partial charge >= 0.3 is 0 Å². The summed E-state index contributed by atoms with van der Waals surface area (Å²) in [6.45, 7) is 16.3. The molecule has 270 valence electrons. The number of rotatable bonds is 12. The van der Waals surface area contributed by atoms with Crippen LogP contribution in [-0.4, -0.2) is 0 Å². The number of allylic oxidation sites excluding steroid dienone is 5. The fourth-order valence-corrected chi connectivity index (χ4v) is 6.22. The summed E-state index contributed by atoms with van der Waals surface area (Å²) in [5.74, 6) is 0. The summed E-state index contributed by atoms with van der Waals surface area (Å²) in [7, 11) is 0. The van der Waals surface area contributed by atoms with Gasteiger partial charge in [0.1, 0.15) is 0 Å². The van der Waals surface area contributed by atoms with Gasteiger partial charge in [-0.05, 0) is 133 Å². The van der Waals surface area contributed by atoms with Crippen molar-refractivity contribution in [2.24, 2.45) is 0 Å². The van der Waals surface area contributed by atoms with E-state index in [-0.39, 0.29) is 0 Å². The molecule has 6 aromatic rings. The Bertz CT molecular complexity index is 2190. The third-order valence-electron chi connectivity index (χ3n) is 8.89. The highest BCUT2D eigenvalue weighted by atomic mass is 15.1. The average molecular weight is 705 g/mol. The van der Waals surface area contributed by atoms with Crippen molar-refractivity contribution in [3.05, 3.63) is 221 Å². The second-order valence-corrected chi connectivity index (χ2v) is 13.1. The third kappa shape index (κ3) is 10.6. The van der Waals surface area contributed by atoms with Gasteiger partial charge in [0.15, 0.2) is 0 Å². The van der Waals surface area contributed by atoms with Crippen molar-refractivity contribution in [1.82, 2.24) is 0 Å². The number of aryl methyl sites for hydroxylation is 3. The Labute approximate surface area is 324 Å². The average Bonchev–Trinajstić information content (AvgIpc) is 3.19. The van der Waals surface area contributed by atoms with E-state index >= 15 is 0 Å². The van der Waals surface area contributed by atoms with Crippen molar-refractivity contribution in [2.75, 3.05) is 9.80 Å². The summed E-state index contributed by atoms with van der Waals surface area (Å²) in [6.07, 6.45) is 16.5. The number of anilines is 5. The number of hydrogen-bond donors (Lipinski definition) is 0. The van der Waals surface area contributed by atoms with Crippen molar-refractivity contribution in [1.29, 1.82) is 0 Å². The maximum atomic E-state index is 3.79. The highest BCUT2D eigenvalue weighted by molar-refractivity contribution is 5.79. The molecule has 0 N–H and O–H groups in total. The summed E-state index contributed by atoms with van der Waals surface area (Å²) in [4.78, 5) is 4.59. The fourth-order valence-electron chi connectivity index (χ4n) is 6.22. The lowest BCUT2D eigenvalue weighted by Gasteiger charge is -2.26. The van der Waals surface area contributed by atoms with Gasteiger partial charge in [0.05, 0.1) is 0 Å². The molecule has 0 aliphatic carbocycles. The molecule has 0 amide bonds. The predicted molar refractivity (Wildman–Crippen MR) is 239 cm³/mol. The summed E-state index contributed by atoms with van der Waals surface area (Å²) < 4.78 is 0. The van der Waals surface area contributed by atoms with Gasteiger partial charge in [0.2, 0.25) is 0 Å². The Morgan fingerprint density at radius 3 is 1.22 bits per heavy atom. The number of nitrogens with zero attached hydrogens (tertiary/aromatic N) is 2. The fraction of sp³-hybridized carbons (Fsp3) is 0.115. The molecule has 0 bridgehead atoms. The van der Waals surface area contributed by atoms with E-state index in [1.54, 1.807) is 6.08 Å². The van der Waals surface area contributed by atoms with Crippen molar-refractivity contribution >= 4 is 52.7 Å². The first kappa shape index (κ1) is 38.8. The van der Waals surface area contributed by atoms with Crippen LogP contribution in [0.2, 0.25) is 0 Å². The summed E-state index contributed by atoms with van der Waals surface area (Å²) in [5.41, 5.74) is 15.2. The molecule has 0 saturated carbocycles. The minimum absolute atomic E-state index is 1.11. The van der Waals surface area contributed by atoms with Crippen molar-refractivity contribution in [2.45, 2.75) is 41.5 Å². The second-order valence-electron chi connectivity index (χ2n) is 13.1. The first-order chi connectivity index (χ1) is 26.4. The van der Waals surface area contributed by atoms with Gasteiger partial charge in [0.25, 0.3) is 0 Å². The van der Waals surface area contributed by atoms with Gasteiger partial charge in [-0.3, -0.25) is 0 Å². The Balaban J connectivity index is 0.00000276. The van der Waals surface area contributed by atoms with E-state index < -0.39 is 0 Å². The Kier molecular flexibility index (Phi) is 14.0. The Morgan fingerprint density at radius 1 is 0.444 bits per heavy atom.